The van der Waals surface area contributed by atoms with Crippen molar-refractivity contribution in [2.75, 3.05) is 51.7 Å². The van der Waals surface area contributed by atoms with Crippen LogP contribution in [0.4, 0.5) is 17.1 Å². The normalized spacial score (nSPS) is 14.8. The molecule has 41 nitrogen and oxygen atoms in total. The van der Waals surface area contributed by atoms with E-state index in [2.05, 4.69) is 58.5 Å². The third kappa shape index (κ3) is 32.2. The van der Waals surface area contributed by atoms with Crippen molar-refractivity contribution in [1.82, 2.24) is 63.0 Å². The second kappa shape index (κ2) is 51.1. The molecular formula is C85H122N22O19. The molecule has 2 heterocycles. The quantitative estimate of drug-likeness (QED) is 0.00658. The number of methoxy groups -OCH3 is 1. The first-order chi connectivity index (χ1) is 60.0. The third-order valence-electron chi connectivity index (χ3n) is 21.3. The number of nitrogens with two attached hydrogens (primary N) is 5. The van der Waals surface area contributed by atoms with Gasteiger partial charge in [-0.2, -0.15) is 0 Å². The Bertz CT molecular complexity index is 4670. The maximum atomic E-state index is 15.3. The maximum absolute atomic E-state index is 15.3. The zero-order valence-corrected chi connectivity index (χ0v) is 72.2. The summed E-state index contributed by atoms with van der Waals surface area (Å²) in [5.74, 6) is -12.0. The summed E-state index contributed by atoms with van der Waals surface area (Å²) < 4.78 is 10.7. The van der Waals surface area contributed by atoms with Crippen LogP contribution in [-0.4, -0.2) is 209 Å². The fraction of sp³-hybridized carbons (Fsp3) is 0.518. The van der Waals surface area contributed by atoms with E-state index in [9.17, 15) is 53.8 Å². The first-order valence-corrected chi connectivity index (χ1v) is 42.3. The molecule has 126 heavy (non-hydrogen) atoms. The van der Waals surface area contributed by atoms with Gasteiger partial charge in [0.2, 0.25) is 70.9 Å². The number of hydrogen-bond donors (Lipinski definition) is 18. The number of carbonyl (C=O) groups is 12. The van der Waals surface area contributed by atoms with Crippen molar-refractivity contribution in [1.29, 1.82) is 10.8 Å². The van der Waals surface area contributed by atoms with Crippen LogP contribution in [0.3, 0.4) is 0 Å². The van der Waals surface area contributed by atoms with E-state index in [0.717, 1.165) is 23.1 Å². The van der Waals surface area contributed by atoms with Crippen molar-refractivity contribution in [3.05, 3.63) is 150 Å². The summed E-state index contributed by atoms with van der Waals surface area (Å²) in [5, 5.41) is 69.2. The Morgan fingerprint density at radius 3 is 1.57 bits per heavy atom. The van der Waals surface area contributed by atoms with Gasteiger partial charge < -0.3 is 101 Å². The van der Waals surface area contributed by atoms with Gasteiger partial charge in [0.25, 0.3) is 11.4 Å². The van der Waals surface area contributed by atoms with E-state index >= 15 is 28.8 Å². The molecule has 23 N–H and O–H groups in total. The Kier molecular flexibility index (Phi) is 41.2. The van der Waals surface area contributed by atoms with Gasteiger partial charge in [-0.05, 0) is 149 Å². The summed E-state index contributed by atoms with van der Waals surface area (Å²) in [6.07, 6.45) is 0.511. The number of imide groups is 1. The summed E-state index contributed by atoms with van der Waals surface area (Å²) in [5.41, 5.74) is 28.1. The van der Waals surface area contributed by atoms with Crippen molar-refractivity contribution in [3.8, 4) is 5.75 Å². The van der Waals surface area contributed by atoms with Gasteiger partial charge in [0.05, 0.1) is 36.0 Å². The number of nitro groups is 2. The van der Waals surface area contributed by atoms with Crippen LogP contribution in [0.5, 0.6) is 5.75 Å². The van der Waals surface area contributed by atoms with Crippen molar-refractivity contribution in [2.45, 2.75) is 218 Å². The Labute approximate surface area is 729 Å². The van der Waals surface area contributed by atoms with E-state index < -0.39 is 183 Å². The Hall–Kier alpha value is -13.2. The highest BCUT2D eigenvalue weighted by molar-refractivity contribution is 6.04. The van der Waals surface area contributed by atoms with Crippen LogP contribution >= 0.6 is 0 Å². The molecule has 12 amide bonds. The molecule has 0 saturated carbocycles. The molecule has 686 valence electrons. The Morgan fingerprint density at radius 1 is 0.571 bits per heavy atom. The minimum Gasteiger partial charge on any atom is -0.497 e. The van der Waals surface area contributed by atoms with Crippen molar-refractivity contribution in [2.24, 2.45) is 46.4 Å². The SMILES string of the molecule is CC[C@H](C)[C@H](NC(=O)[C@@H]1CCCN1C(=O)[C@H](CCCCN)N(C(=O)CN)C(=O)Cc1cc(=O)oc2cc(OC)ccc12)C(=O)N[C@@H](CC(C)C)C(=O)N[C@@H](Cc1ccccc1)C(=O)N[C@@H](Cc1ccccc1)C(=O)N[C@@H](CCCNC(=N)N)C(=O)N[C@@H](CC(C)C)C(=O)N[C@@H](CCCCNc1ccc([N+](=O)[O-])cc1[N+](=O)[O-])C(=O)N[C@H](CCCNC(=N)N)C(N)=O. The lowest BCUT2D eigenvalue weighted by atomic mass is 9.96. The van der Waals surface area contributed by atoms with Gasteiger partial charge in [0.15, 0.2) is 11.9 Å². The second-order valence-corrected chi connectivity index (χ2v) is 31.9. The average molecular weight is 1760 g/mol. The fourth-order valence-electron chi connectivity index (χ4n) is 14.5. The van der Waals surface area contributed by atoms with Crippen molar-refractivity contribution < 1.29 is 76.5 Å². The van der Waals surface area contributed by atoms with Crippen LogP contribution in [0.25, 0.3) is 11.0 Å². The van der Waals surface area contributed by atoms with Gasteiger partial charge in [0.1, 0.15) is 77.4 Å². The van der Waals surface area contributed by atoms with Crippen LogP contribution in [-0.2, 0) is 76.8 Å². The topological polar surface area (TPSA) is 647 Å². The standard InChI is InChI=1S/C85H122N22O19/c1-8-51(6)73(103-81(118)66-30-21-39-104(66)83(120)67(29-15-17-35-86)105(71(109)48-87)70(108)44-54-45-72(110)126-69-47-56(125-7)32-33-57(54)69)82(119)102-63(41-50(4)5)78(115)100-65(43-53-24-13-10-14-25-53)80(117)101-64(42-52-22-11-9-12-23-52)79(116)98-61(28-20-38-95-85(91)92)76(113)99-62(40-49(2)3)77(114)97-60(75(112)96-59(74(88)111)27-19-37-94-84(89)90)26-16-18-36-93-58-34-31-55(106(121)122)46-68(58)107(123)124/h9-14,22-25,31-34,45-47,49-51,59-67,73,93H,8,15-21,26-30,35-44,48,86-87H2,1-7H3,(H2,88,111)(H,96,112)(H,97,114)(H,98,116)(H,99,113)(H,100,115)(H,101,117)(H,102,119)(H,103,118)(H4,89,90,94)(H4,91,92,95)/t51-,59+,60-,61-,62-,63-,64-,65-,66-,67-,73-/m0/s1. The summed E-state index contributed by atoms with van der Waals surface area (Å²) in [6.45, 7) is 10.3. The first kappa shape index (κ1) is 102. The van der Waals surface area contributed by atoms with Gasteiger partial charge in [0, 0.05) is 62.6 Å². The summed E-state index contributed by atoms with van der Waals surface area (Å²) in [7, 11) is 1.42. The molecule has 11 atom stereocenters. The highest BCUT2D eigenvalue weighted by Crippen LogP contribution is 2.31. The molecule has 0 bridgehead atoms. The van der Waals surface area contributed by atoms with Crippen LogP contribution in [0.15, 0.2) is 112 Å². The molecule has 1 aliphatic heterocycles. The zero-order chi connectivity index (χ0) is 92.9. The minimum absolute atomic E-state index is 0.00712. The van der Waals surface area contributed by atoms with Crippen molar-refractivity contribution in [3.63, 3.8) is 0 Å². The zero-order valence-electron chi connectivity index (χ0n) is 72.2. The smallest absolute Gasteiger partial charge is 0.336 e. The molecule has 1 aliphatic rings. The monoisotopic (exact) mass is 1750 g/mol. The van der Waals surface area contributed by atoms with E-state index in [4.69, 9.17) is 48.6 Å². The number of hydrogen-bond acceptors (Lipinski definition) is 24. The number of anilines is 1. The molecule has 0 aliphatic carbocycles. The van der Waals surface area contributed by atoms with Gasteiger partial charge in [-0.25, -0.2) is 4.79 Å². The van der Waals surface area contributed by atoms with Crippen LogP contribution < -0.4 is 97.5 Å². The van der Waals surface area contributed by atoms with Gasteiger partial charge in [-0.15, -0.1) is 0 Å². The number of ether oxygens (including phenoxy) is 1. The minimum atomic E-state index is -1.53. The predicted octanol–water partition coefficient (Wildman–Crippen LogP) is 1.76. The highest BCUT2D eigenvalue weighted by atomic mass is 16.6. The molecule has 0 spiro atoms. The summed E-state index contributed by atoms with van der Waals surface area (Å²) in [4.78, 5) is 213. The van der Waals surface area contributed by atoms with Gasteiger partial charge in [-0.3, -0.25) is 93.5 Å². The number of benzene rings is 4. The van der Waals surface area contributed by atoms with Crippen molar-refractivity contribution >= 4 is 111 Å². The number of nitrogens with zero attached hydrogens (tertiary/aromatic N) is 4. The largest absolute Gasteiger partial charge is 0.497 e. The van der Waals surface area contributed by atoms with Gasteiger partial charge in [-0.1, -0.05) is 109 Å². The number of carbonyl (C=O) groups excluding carboxylic acids is 12. The lowest BCUT2D eigenvalue weighted by Crippen LogP contribution is -2.62. The number of rotatable bonds is 53. The first-order valence-electron chi connectivity index (χ1n) is 42.3. The van der Waals surface area contributed by atoms with Crippen LogP contribution in [0, 0.1) is 48.8 Å². The number of nitrogens with one attached hydrogen (secondary N) is 13. The number of guanidine groups is 2. The van der Waals surface area contributed by atoms with Crippen LogP contribution in [0.1, 0.15) is 155 Å². The molecule has 0 radical (unpaired) electrons. The predicted molar refractivity (Wildman–Crippen MR) is 469 cm³/mol. The molecule has 1 fully saturated rings. The average Bonchev–Trinajstić information content (AvgIpc) is 1.06. The van der Waals surface area contributed by atoms with E-state index in [1.165, 1.54) is 24.1 Å². The Morgan fingerprint density at radius 2 is 1.07 bits per heavy atom. The van der Waals surface area contributed by atoms with E-state index in [0.29, 0.717) is 41.5 Å². The van der Waals surface area contributed by atoms with Crippen LogP contribution in [0.2, 0.25) is 0 Å². The highest BCUT2D eigenvalue weighted by Gasteiger charge is 2.44. The Balaban J connectivity index is 1.26. The third-order valence-corrected chi connectivity index (χ3v) is 21.3. The molecule has 1 aromatic heterocycles. The summed E-state index contributed by atoms with van der Waals surface area (Å²) >= 11 is 0. The second-order valence-electron chi connectivity index (χ2n) is 31.9. The summed E-state index contributed by atoms with van der Waals surface area (Å²) in [6, 6.07) is 11.7. The molecule has 6 rings (SSSR count). The number of amides is 12. The lowest BCUT2D eigenvalue weighted by molar-refractivity contribution is -0.393. The molecule has 4 aromatic carbocycles. The number of non-ortho nitro benzene ring substituents is 1. The van der Waals surface area contributed by atoms with E-state index in [-0.39, 0.29) is 157 Å². The molecule has 1 saturated heterocycles. The van der Waals surface area contributed by atoms with Gasteiger partial charge >= 0.3 is 5.63 Å². The lowest BCUT2D eigenvalue weighted by Gasteiger charge is -2.35. The van der Waals surface area contributed by atoms with E-state index in [1.807, 2.05) is 0 Å². The number of nitro benzene ring substituents is 2. The maximum Gasteiger partial charge on any atom is 0.336 e. The number of primary amides is 1. The number of likely N-dealkylation sites (tertiary alicyclic amines) is 1. The molecular weight excluding hydrogens is 1630 g/mol. The molecule has 5 aromatic rings. The molecule has 41 heteroatoms. The fourth-order valence-corrected chi connectivity index (χ4v) is 14.5. The number of unbranched alkanes of at least 4 members (excludes halogenated alkanes) is 2. The molecule has 0 unspecified atom stereocenters. The number of fused-ring (bicyclic) bond motifs is 1. The van der Waals surface area contributed by atoms with E-state index in [1.54, 1.807) is 114 Å².